The Morgan fingerprint density at radius 2 is 1.78 bits per heavy atom. The Kier molecular flexibility index (Phi) is 6.59. The predicted octanol–water partition coefficient (Wildman–Crippen LogP) is 3.48. The third kappa shape index (κ3) is 5.36. The molecule has 1 amide bonds. The second-order valence-corrected chi connectivity index (χ2v) is 5.57. The summed E-state index contributed by atoms with van der Waals surface area (Å²) < 4.78 is 0. The van der Waals surface area contributed by atoms with E-state index >= 15 is 0 Å². The van der Waals surface area contributed by atoms with Gasteiger partial charge in [0.15, 0.2) is 0 Å². The summed E-state index contributed by atoms with van der Waals surface area (Å²) in [6.45, 7) is 2.34. The lowest BCUT2D eigenvalue weighted by Crippen LogP contribution is -2.28. The van der Waals surface area contributed by atoms with Crippen LogP contribution in [0, 0.1) is 20.2 Å². The van der Waals surface area contributed by atoms with Crippen LogP contribution in [0.1, 0.15) is 18.9 Å². The van der Waals surface area contributed by atoms with Crippen LogP contribution in [0.2, 0.25) is 0 Å². The molecule has 27 heavy (non-hydrogen) atoms. The number of nitro groups is 2. The highest BCUT2D eigenvalue weighted by Crippen LogP contribution is 2.30. The molecule has 9 heteroatoms. The fraction of sp³-hybridized carbons (Fsp3) is 0.167. The van der Waals surface area contributed by atoms with Crippen molar-refractivity contribution in [1.29, 1.82) is 0 Å². The molecule has 2 aromatic rings. The average Bonchev–Trinajstić information content (AvgIpc) is 2.66. The van der Waals surface area contributed by atoms with E-state index < -0.39 is 27.1 Å². The molecule has 0 radical (unpaired) electrons. The molecule has 140 valence electrons. The van der Waals surface area contributed by atoms with Gasteiger partial charge < -0.3 is 10.6 Å². The number of rotatable bonds is 8. The first-order valence-electron chi connectivity index (χ1n) is 8.17. The number of benzene rings is 2. The smallest absolute Gasteiger partial charge is 0.299 e. The first-order chi connectivity index (χ1) is 12.9. The van der Waals surface area contributed by atoms with Crippen LogP contribution in [0.4, 0.5) is 17.1 Å². The monoisotopic (exact) mass is 370 g/mol. The summed E-state index contributed by atoms with van der Waals surface area (Å²) in [7, 11) is 0. The van der Waals surface area contributed by atoms with Crippen molar-refractivity contribution in [3.63, 3.8) is 0 Å². The summed E-state index contributed by atoms with van der Waals surface area (Å²) >= 11 is 0. The van der Waals surface area contributed by atoms with Gasteiger partial charge in [-0.05, 0) is 24.1 Å². The van der Waals surface area contributed by atoms with E-state index in [9.17, 15) is 25.0 Å². The van der Waals surface area contributed by atoms with E-state index in [4.69, 9.17) is 0 Å². The Morgan fingerprint density at radius 1 is 1.07 bits per heavy atom. The number of nitro benzene ring substituents is 2. The summed E-state index contributed by atoms with van der Waals surface area (Å²) in [5, 5.41) is 27.6. The molecule has 0 aliphatic carbocycles. The molecule has 0 fully saturated rings. The Morgan fingerprint density at radius 3 is 2.37 bits per heavy atom. The molecule has 2 aromatic carbocycles. The summed E-state index contributed by atoms with van der Waals surface area (Å²) in [5.74, 6) is -0.437. The number of carbonyl (C=O) groups is 1. The van der Waals surface area contributed by atoms with Crippen molar-refractivity contribution in [3.8, 4) is 0 Å². The SMILES string of the molecule is CCCNC(=O)/C(=C\c1ccccc1)Nc1ccc([N+](=O)[O-])cc1[N+](=O)[O-]. The van der Waals surface area contributed by atoms with Gasteiger partial charge in [0.25, 0.3) is 17.3 Å². The molecule has 2 rings (SSSR count). The van der Waals surface area contributed by atoms with Gasteiger partial charge in [0.2, 0.25) is 0 Å². The first kappa shape index (κ1) is 19.6. The van der Waals surface area contributed by atoms with E-state index in [0.29, 0.717) is 6.54 Å². The van der Waals surface area contributed by atoms with Crippen LogP contribution < -0.4 is 10.6 Å². The van der Waals surface area contributed by atoms with Crippen LogP contribution in [0.5, 0.6) is 0 Å². The minimum Gasteiger partial charge on any atom is -0.351 e. The number of nitrogens with one attached hydrogen (secondary N) is 2. The summed E-state index contributed by atoms with van der Waals surface area (Å²) in [6, 6.07) is 12.2. The molecule has 0 aliphatic heterocycles. The standard InChI is InChI=1S/C18H18N4O5/c1-2-10-19-18(23)16(11-13-6-4-3-5-7-13)20-15-9-8-14(21(24)25)12-17(15)22(26)27/h3-9,11-12,20H,2,10H2,1H3,(H,19,23)/b16-11+. The number of carbonyl (C=O) groups excluding carboxylic acids is 1. The number of anilines is 1. The van der Waals surface area contributed by atoms with Crippen LogP contribution >= 0.6 is 0 Å². The Balaban J connectivity index is 2.43. The number of nitrogens with zero attached hydrogens (tertiary/aromatic N) is 2. The molecule has 0 heterocycles. The summed E-state index contributed by atoms with van der Waals surface area (Å²) in [5.41, 5.74) is -0.107. The van der Waals surface area contributed by atoms with Gasteiger partial charge in [0.1, 0.15) is 11.4 Å². The van der Waals surface area contributed by atoms with Crippen molar-refractivity contribution >= 4 is 29.0 Å². The zero-order valence-corrected chi connectivity index (χ0v) is 14.5. The van der Waals surface area contributed by atoms with Crippen LogP contribution in [-0.2, 0) is 4.79 Å². The number of amides is 1. The van der Waals surface area contributed by atoms with Crippen LogP contribution in [0.3, 0.4) is 0 Å². The largest absolute Gasteiger partial charge is 0.351 e. The third-order valence-electron chi connectivity index (χ3n) is 3.55. The van der Waals surface area contributed by atoms with Crippen LogP contribution in [-0.4, -0.2) is 22.3 Å². The van der Waals surface area contributed by atoms with Gasteiger partial charge in [-0.25, -0.2) is 0 Å². The fourth-order valence-corrected chi connectivity index (χ4v) is 2.24. The maximum Gasteiger partial charge on any atom is 0.299 e. The molecule has 0 saturated carbocycles. The van der Waals surface area contributed by atoms with Crippen molar-refractivity contribution in [2.24, 2.45) is 0 Å². The molecule has 0 atom stereocenters. The van der Waals surface area contributed by atoms with Crippen LogP contribution in [0.15, 0.2) is 54.2 Å². The normalized spacial score (nSPS) is 10.9. The molecule has 9 nitrogen and oxygen atoms in total. The lowest BCUT2D eigenvalue weighted by atomic mass is 10.1. The van der Waals surface area contributed by atoms with Crippen molar-refractivity contribution in [2.45, 2.75) is 13.3 Å². The van der Waals surface area contributed by atoms with Gasteiger partial charge in [0.05, 0.1) is 15.9 Å². The molecular formula is C18H18N4O5. The van der Waals surface area contributed by atoms with Crippen molar-refractivity contribution in [3.05, 3.63) is 80.0 Å². The molecular weight excluding hydrogens is 352 g/mol. The lowest BCUT2D eigenvalue weighted by Gasteiger charge is -2.12. The maximum absolute atomic E-state index is 12.4. The minimum atomic E-state index is -0.737. The summed E-state index contributed by atoms with van der Waals surface area (Å²) in [6.07, 6.45) is 2.28. The van der Waals surface area contributed by atoms with Gasteiger partial charge in [0, 0.05) is 12.6 Å². The highest BCUT2D eigenvalue weighted by molar-refractivity contribution is 6.01. The second-order valence-electron chi connectivity index (χ2n) is 5.57. The van der Waals surface area contributed by atoms with Gasteiger partial charge >= 0.3 is 0 Å². The van der Waals surface area contributed by atoms with Gasteiger partial charge in [-0.3, -0.25) is 25.0 Å². The van der Waals surface area contributed by atoms with E-state index in [1.54, 1.807) is 30.3 Å². The lowest BCUT2D eigenvalue weighted by molar-refractivity contribution is -0.393. The van der Waals surface area contributed by atoms with Gasteiger partial charge in [-0.1, -0.05) is 37.3 Å². The zero-order chi connectivity index (χ0) is 19.8. The zero-order valence-electron chi connectivity index (χ0n) is 14.5. The Labute approximate surface area is 155 Å². The predicted molar refractivity (Wildman–Crippen MR) is 101 cm³/mol. The Bertz CT molecular complexity index is 881. The molecule has 0 bridgehead atoms. The molecule has 0 saturated heterocycles. The van der Waals surface area contributed by atoms with Crippen molar-refractivity contribution < 1.29 is 14.6 Å². The van der Waals surface area contributed by atoms with E-state index in [1.807, 2.05) is 13.0 Å². The fourth-order valence-electron chi connectivity index (χ4n) is 2.24. The van der Waals surface area contributed by atoms with Gasteiger partial charge in [-0.2, -0.15) is 0 Å². The van der Waals surface area contributed by atoms with E-state index in [1.165, 1.54) is 6.07 Å². The average molecular weight is 370 g/mol. The van der Waals surface area contributed by atoms with Crippen LogP contribution in [0.25, 0.3) is 6.08 Å². The maximum atomic E-state index is 12.4. The highest BCUT2D eigenvalue weighted by Gasteiger charge is 2.21. The number of hydrogen-bond acceptors (Lipinski definition) is 6. The first-order valence-corrected chi connectivity index (χ1v) is 8.17. The topological polar surface area (TPSA) is 127 Å². The van der Waals surface area contributed by atoms with Crippen molar-refractivity contribution in [1.82, 2.24) is 5.32 Å². The number of non-ortho nitro benzene ring substituents is 1. The molecule has 0 aliphatic rings. The highest BCUT2D eigenvalue weighted by atomic mass is 16.6. The molecule has 0 unspecified atom stereocenters. The van der Waals surface area contributed by atoms with Gasteiger partial charge in [-0.15, -0.1) is 0 Å². The van der Waals surface area contributed by atoms with E-state index in [2.05, 4.69) is 10.6 Å². The van der Waals surface area contributed by atoms with E-state index in [-0.39, 0.29) is 11.4 Å². The quantitative estimate of drug-likeness (QED) is 0.416. The molecule has 0 aromatic heterocycles. The van der Waals surface area contributed by atoms with Crippen molar-refractivity contribution in [2.75, 3.05) is 11.9 Å². The third-order valence-corrected chi connectivity index (χ3v) is 3.55. The minimum absolute atomic E-state index is 0.0144. The summed E-state index contributed by atoms with van der Waals surface area (Å²) in [4.78, 5) is 33.2. The number of hydrogen-bond donors (Lipinski definition) is 2. The van der Waals surface area contributed by atoms with E-state index in [0.717, 1.165) is 24.1 Å². The Hall–Kier alpha value is -3.75. The molecule has 2 N–H and O–H groups in total. The second kappa shape index (κ2) is 9.09. The molecule has 0 spiro atoms.